The van der Waals surface area contributed by atoms with Crippen molar-refractivity contribution in [1.82, 2.24) is 31.5 Å². The van der Waals surface area contributed by atoms with E-state index in [0.717, 1.165) is 17.9 Å². The van der Waals surface area contributed by atoms with Gasteiger partial charge in [0.05, 0.1) is 19.2 Å². The summed E-state index contributed by atoms with van der Waals surface area (Å²) in [5.41, 5.74) is 5.87. The zero-order chi connectivity index (χ0) is 22.6. The second-order valence-electron chi connectivity index (χ2n) is 8.33. The molecule has 31 heavy (non-hydrogen) atoms. The van der Waals surface area contributed by atoms with E-state index in [1.165, 1.54) is 0 Å². The Morgan fingerprint density at radius 3 is 2.55 bits per heavy atom. The van der Waals surface area contributed by atoms with Crippen LogP contribution in [0.5, 0.6) is 0 Å². The second kappa shape index (κ2) is 9.50. The number of urea groups is 1. The molecule has 172 valence electrons. The van der Waals surface area contributed by atoms with Crippen LogP contribution < -0.4 is 21.6 Å². The number of hydrogen-bond donors (Lipinski definition) is 4. The minimum absolute atomic E-state index is 0.167. The SMILES string of the molecule is CCOC(=O)NNC(=O)[C@@H]1CCCN1CC(=O)NN1C(=O)NC2(CCC(C)CC2)C1=O. The number of likely N-dealkylation sites (tertiary alicyclic amines) is 1. The lowest BCUT2D eigenvalue weighted by Gasteiger charge is -2.33. The predicted octanol–water partition coefficient (Wildman–Crippen LogP) is -0.240. The van der Waals surface area contributed by atoms with Gasteiger partial charge in [-0.3, -0.25) is 30.1 Å². The summed E-state index contributed by atoms with van der Waals surface area (Å²) >= 11 is 0. The Morgan fingerprint density at radius 1 is 1.16 bits per heavy atom. The van der Waals surface area contributed by atoms with Gasteiger partial charge in [-0.1, -0.05) is 6.92 Å². The highest BCUT2D eigenvalue weighted by Gasteiger charge is 2.53. The average molecular weight is 438 g/mol. The first-order chi connectivity index (χ1) is 14.8. The summed E-state index contributed by atoms with van der Waals surface area (Å²) in [6.07, 6.45) is 3.18. The van der Waals surface area contributed by atoms with Crippen molar-refractivity contribution in [3.63, 3.8) is 0 Å². The van der Waals surface area contributed by atoms with Gasteiger partial charge in [-0.05, 0) is 57.9 Å². The van der Waals surface area contributed by atoms with Gasteiger partial charge in [-0.25, -0.2) is 15.0 Å². The fraction of sp³-hybridized carbons (Fsp3) is 0.737. The molecule has 12 nitrogen and oxygen atoms in total. The van der Waals surface area contributed by atoms with Gasteiger partial charge >= 0.3 is 12.1 Å². The van der Waals surface area contributed by atoms with Crippen molar-refractivity contribution in [3.8, 4) is 0 Å². The number of ether oxygens (including phenoxy) is 1. The van der Waals surface area contributed by atoms with Gasteiger partial charge < -0.3 is 10.1 Å². The number of imide groups is 1. The molecule has 1 atom stereocenters. The molecule has 6 amide bonds. The van der Waals surface area contributed by atoms with E-state index in [0.29, 0.717) is 38.1 Å². The van der Waals surface area contributed by atoms with Crippen molar-refractivity contribution in [3.05, 3.63) is 0 Å². The van der Waals surface area contributed by atoms with Crippen molar-refractivity contribution < 1.29 is 28.7 Å². The molecule has 12 heteroatoms. The molecule has 3 aliphatic rings. The van der Waals surface area contributed by atoms with E-state index in [4.69, 9.17) is 0 Å². The van der Waals surface area contributed by atoms with Gasteiger partial charge in [-0.2, -0.15) is 5.01 Å². The minimum Gasteiger partial charge on any atom is -0.449 e. The third-order valence-corrected chi connectivity index (χ3v) is 6.10. The molecule has 1 spiro atoms. The molecule has 3 rings (SSSR count). The Labute approximate surface area is 180 Å². The van der Waals surface area contributed by atoms with Gasteiger partial charge in [0.15, 0.2) is 0 Å². The molecular weight excluding hydrogens is 408 g/mol. The quantitative estimate of drug-likeness (QED) is 0.342. The molecule has 3 fully saturated rings. The molecule has 2 heterocycles. The normalized spacial score (nSPS) is 28.4. The summed E-state index contributed by atoms with van der Waals surface area (Å²) in [6.45, 7) is 4.24. The minimum atomic E-state index is -0.939. The average Bonchev–Trinajstić information content (AvgIpc) is 3.27. The maximum absolute atomic E-state index is 12.8. The van der Waals surface area contributed by atoms with Crippen LogP contribution in [0.3, 0.4) is 0 Å². The van der Waals surface area contributed by atoms with Crippen LogP contribution in [0, 0.1) is 5.92 Å². The maximum atomic E-state index is 12.8. The number of carbonyl (C=O) groups excluding carboxylic acids is 5. The molecular formula is C19H30N6O6. The van der Waals surface area contributed by atoms with E-state index in [1.54, 1.807) is 11.8 Å². The van der Waals surface area contributed by atoms with Gasteiger partial charge in [0.25, 0.3) is 17.7 Å². The van der Waals surface area contributed by atoms with Crippen LogP contribution >= 0.6 is 0 Å². The van der Waals surface area contributed by atoms with Crippen LogP contribution in [0.1, 0.15) is 52.4 Å². The van der Waals surface area contributed by atoms with E-state index in [-0.39, 0.29) is 13.2 Å². The largest absolute Gasteiger partial charge is 0.449 e. The lowest BCUT2D eigenvalue weighted by Crippen LogP contribution is -2.55. The van der Waals surface area contributed by atoms with Crippen molar-refractivity contribution in [1.29, 1.82) is 0 Å². The molecule has 1 aliphatic carbocycles. The first-order valence-electron chi connectivity index (χ1n) is 10.7. The molecule has 4 N–H and O–H groups in total. The van der Waals surface area contributed by atoms with Crippen molar-refractivity contribution in [2.24, 2.45) is 5.92 Å². The molecule has 0 radical (unpaired) electrons. The van der Waals surface area contributed by atoms with Gasteiger partial charge in [0, 0.05) is 0 Å². The molecule has 0 aromatic carbocycles. The summed E-state index contributed by atoms with van der Waals surface area (Å²) in [6, 6.07) is -1.26. The third-order valence-electron chi connectivity index (χ3n) is 6.10. The Balaban J connectivity index is 1.52. The summed E-state index contributed by atoms with van der Waals surface area (Å²) < 4.78 is 4.68. The monoisotopic (exact) mass is 438 g/mol. The smallest absolute Gasteiger partial charge is 0.426 e. The van der Waals surface area contributed by atoms with Crippen LogP contribution in [0.4, 0.5) is 9.59 Å². The lowest BCUT2D eigenvalue weighted by molar-refractivity contribution is -0.141. The number of hydrogen-bond acceptors (Lipinski definition) is 7. The number of nitrogens with one attached hydrogen (secondary N) is 4. The highest BCUT2D eigenvalue weighted by atomic mass is 16.6. The summed E-state index contributed by atoms with van der Waals surface area (Å²) in [5, 5.41) is 3.50. The highest BCUT2D eigenvalue weighted by Crippen LogP contribution is 2.35. The van der Waals surface area contributed by atoms with Gasteiger partial charge in [-0.15, -0.1) is 0 Å². The number of carbonyl (C=O) groups is 5. The van der Waals surface area contributed by atoms with Gasteiger partial charge in [0.2, 0.25) is 0 Å². The Morgan fingerprint density at radius 2 is 1.87 bits per heavy atom. The number of rotatable bonds is 5. The number of nitrogens with zero attached hydrogens (tertiary/aromatic N) is 2. The van der Waals surface area contributed by atoms with E-state index < -0.39 is 41.4 Å². The standard InChI is InChI=1S/C19H30N6O6/c1-3-31-18(30)22-21-15(27)13-5-4-10-24(13)11-14(26)23-25-16(28)19(20-17(25)29)8-6-12(2)7-9-19/h12-13H,3-11H2,1-2H3,(H,20,29)(H,21,27)(H,22,30)(H,23,26)/t12?,13-,19?/m0/s1. The maximum Gasteiger partial charge on any atom is 0.426 e. The zero-order valence-corrected chi connectivity index (χ0v) is 17.9. The predicted molar refractivity (Wildman–Crippen MR) is 107 cm³/mol. The fourth-order valence-corrected chi connectivity index (χ4v) is 4.34. The summed E-state index contributed by atoms with van der Waals surface area (Å²) in [5.74, 6) is -0.978. The fourth-order valence-electron chi connectivity index (χ4n) is 4.34. The van der Waals surface area contributed by atoms with Crippen LogP contribution in [0.2, 0.25) is 0 Å². The molecule has 0 aromatic rings. The van der Waals surface area contributed by atoms with E-state index in [9.17, 15) is 24.0 Å². The first kappa shape index (κ1) is 22.8. The second-order valence-corrected chi connectivity index (χ2v) is 8.33. The molecule has 1 saturated carbocycles. The molecule has 2 aliphatic heterocycles. The molecule has 0 aromatic heterocycles. The van der Waals surface area contributed by atoms with Crippen LogP contribution in [-0.4, -0.2) is 71.0 Å². The van der Waals surface area contributed by atoms with Crippen molar-refractivity contribution >= 4 is 29.8 Å². The van der Waals surface area contributed by atoms with Gasteiger partial charge in [0.1, 0.15) is 5.54 Å². The van der Waals surface area contributed by atoms with Crippen LogP contribution in [0.15, 0.2) is 0 Å². The topological polar surface area (TPSA) is 149 Å². The Kier molecular flexibility index (Phi) is 6.98. The molecule has 0 unspecified atom stereocenters. The number of hydrazine groups is 2. The third kappa shape index (κ3) is 5.06. The van der Waals surface area contributed by atoms with E-state index in [2.05, 4.69) is 33.3 Å². The highest BCUT2D eigenvalue weighted by molar-refractivity contribution is 6.08. The lowest BCUT2D eigenvalue weighted by atomic mass is 9.77. The molecule has 2 saturated heterocycles. The van der Waals surface area contributed by atoms with Crippen LogP contribution in [0.25, 0.3) is 0 Å². The molecule has 0 bridgehead atoms. The van der Waals surface area contributed by atoms with E-state index in [1.807, 2.05) is 0 Å². The summed E-state index contributed by atoms with van der Waals surface area (Å²) in [7, 11) is 0. The number of amides is 6. The van der Waals surface area contributed by atoms with Crippen LogP contribution in [-0.2, 0) is 19.1 Å². The zero-order valence-electron chi connectivity index (χ0n) is 17.9. The first-order valence-corrected chi connectivity index (χ1v) is 10.7. The van der Waals surface area contributed by atoms with E-state index >= 15 is 0 Å². The Hall–Kier alpha value is -2.89. The Bertz CT molecular complexity index is 750. The van der Waals surface area contributed by atoms with Crippen molar-refractivity contribution in [2.45, 2.75) is 64.0 Å². The summed E-state index contributed by atoms with van der Waals surface area (Å²) in [4.78, 5) is 63.0. The van der Waals surface area contributed by atoms with Crippen molar-refractivity contribution in [2.75, 3.05) is 19.7 Å².